The molecule has 3 heterocycles. The zero-order chi connectivity index (χ0) is 23.6. The van der Waals surface area contributed by atoms with Crippen LogP contribution in [-0.4, -0.2) is 86.5 Å². The van der Waals surface area contributed by atoms with Crippen molar-refractivity contribution in [2.45, 2.75) is 57.7 Å². The van der Waals surface area contributed by atoms with Crippen molar-refractivity contribution in [2.75, 3.05) is 25.6 Å². The van der Waals surface area contributed by atoms with Crippen LogP contribution in [0, 0.1) is 5.92 Å². The van der Waals surface area contributed by atoms with Crippen LogP contribution in [0.1, 0.15) is 33.4 Å². The first-order valence-electron chi connectivity index (χ1n) is 10.5. The van der Waals surface area contributed by atoms with Gasteiger partial charge in [-0.25, -0.2) is 15.0 Å². The molecule has 2 aromatic heterocycles. The molecule has 0 radical (unpaired) electrons. The van der Waals surface area contributed by atoms with Gasteiger partial charge in [0.1, 0.15) is 24.6 Å². The average molecular weight is 450 g/mol. The number of aliphatic hydroxyl groups excluding tert-OH is 2. The van der Waals surface area contributed by atoms with Crippen LogP contribution >= 0.6 is 0 Å². The van der Waals surface area contributed by atoms with Gasteiger partial charge in [-0.1, -0.05) is 13.8 Å². The lowest BCUT2D eigenvalue weighted by Gasteiger charge is -2.25. The topological polar surface area (TPSA) is 155 Å². The second kappa shape index (κ2) is 9.76. The Balaban J connectivity index is 1.85. The predicted octanol–water partition coefficient (Wildman–Crippen LogP) is -0.821. The summed E-state index contributed by atoms with van der Waals surface area (Å²) in [5.41, 5.74) is 0.983. The van der Waals surface area contributed by atoms with E-state index in [-0.39, 0.29) is 11.8 Å². The maximum Gasteiger partial charge on any atom is 0.242 e. The summed E-state index contributed by atoms with van der Waals surface area (Å²) in [7, 11) is 3.66. The van der Waals surface area contributed by atoms with Crippen molar-refractivity contribution in [1.82, 2.24) is 30.2 Å². The fourth-order valence-electron chi connectivity index (χ4n) is 3.87. The Labute approximate surface area is 186 Å². The molecule has 0 spiro atoms. The van der Waals surface area contributed by atoms with Crippen molar-refractivity contribution in [2.24, 2.45) is 5.92 Å². The summed E-state index contributed by atoms with van der Waals surface area (Å²) < 4.78 is 7.44. The highest BCUT2D eigenvalue weighted by Crippen LogP contribution is 2.32. The molecule has 3 rings (SSSR count). The number of nitrogens with zero attached hydrogens (tertiary/aromatic N) is 5. The molecule has 12 nitrogen and oxygen atoms in total. The van der Waals surface area contributed by atoms with E-state index >= 15 is 0 Å². The number of rotatable bonds is 8. The lowest BCUT2D eigenvalue weighted by atomic mass is 10.0. The van der Waals surface area contributed by atoms with Gasteiger partial charge in [0.2, 0.25) is 11.8 Å². The molecule has 5 atom stereocenters. The number of anilines is 1. The highest BCUT2D eigenvalue weighted by Gasteiger charge is 2.46. The summed E-state index contributed by atoms with van der Waals surface area (Å²) in [4.78, 5) is 39.1. The zero-order valence-corrected chi connectivity index (χ0v) is 18.9. The van der Waals surface area contributed by atoms with E-state index in [0.29, 0.717) is 23.4 Å². The van der Waals surface area contributed by atoms with Crippen molar-refractivity contribution in [3.63, 3.8) is 0 Å². The van der Waals surface area contributed by atoms with Crippen molar-refractivity contribution in [3.8, 4) is 0 Å². The van der Waals surface area contributed by atoms with Crippen LogP contribution in [0.2, 0.25) is 0 Å². The molecule has 32 heavy (non-hydrogen) atoms. The van der Waals surface area contributed by atoms with E-state index in [0.717, 1.165) is 0 Å². The molecule has 1 aliphatic rings. The van der Waals surface area contributed by atoms with E-state index in [4.69, 9.17) is 4.74 Å². The van der Waals surface area contributed by atoms with Gasteiger partial charge in [0.05, 0.1) is 19.0 Å². The molecule has 2 amide bonds. The molecule has 2 aromatic rings. The van der Waals surface area contributed by atoms with E-state index < -0.39 is 43.0 Å². The molecule has 0 aliphatic carbocycles. The van der Waals surface area contributed by atoms with Gasteiger partial charge in [-0.2, -0.15) is 0 Å². The van der Waals surface area contributed by atoms with E-state index in [1.807, 2.05) is 27.9 Å². The fourth-order valence-corrected chi connectivity index (χ4v) is 3.87. The molecule has 12 heteroatoms. The molecule has 1 fully saturated rings. The predicted molar refractivity (Wildman–Crippen MR) is 116 cm³/mol. The number of aliphatic hydroxyl groups is 2. The number of imidazole rings is 1. The Kier molecular flexibility index (Phi) is 7.26. The highest BCUT2D eigenvalue weighted by atomic mass is 16.5. The number of fused-ring (bicyclic) bond motifs is 1. The van der Waals surface area contributed by atoms with Crippen LogP contribution in [0.25, 0.3) is 11.2 Å². The molecular formula is C20H31N7O5. The summed E-state index contributed by atoms with van der Waals surface area (Å²) in [6.45, 7) is 4.80. The second-order valence-corrected chi connectivity index (χ2v) is 8.57. The van der Waals surface area contributed by atoms with Gasteiger partial charge in [0, 0.05) is 21.0 Å². The minimum Gasteiger partial charge on any atom is -0.394 e. The maximum absolute atomic E-state index is 12.9. The monoisotopic (exact) mass is 449 g/mol. The molecule has 1 saturated heterocycles. The number of ether oxygens (including phenoxy) is 1. The summed E-state index contributed by atoms with van der Waals surface area (Å²) in [5, 5.41) is 26.2. The number of hydrogen-bond acceptors (Lipinski definition) is 9. The third-order valence-electron chi connectivity index (χ3n) is 5.30. The molecule has 176 valence electrons. The van der Waals surface area contributed by atoms with Gasteiger partial charge in [0.25, 0.3) is 0 Å². The Bertz CT molecular complexity index is 963. The van der Waals surface area contributed by atoms with Gasteiger partial charge in [0.15, 0.2) is 23.2 Å². The van der Waals surface area contributed by atoms with Crippen LogP contribution in [-0.2, 0) is 14.3 Å². The van der Waals surface area contributed by atoms with E-state index in [1.54, 1.807) is 9.47 Å². The average Bonchev–Trinajstić information content (AvgIpc) is 3.27. The van der Waals surface area contributed by atoms with Crippen LogP contribution in [0.5, 0.6) is 0 Å². The van der Waals surface area contributed by atoms with Crippen molar-refractivity contribution in [3.05, 3.63) is 12.7 Å². The zero-order valence-electron chi connectivity index (χ0n) is 18.9. The fraction of sp³-hybridized carbons (Fsp3) is 0.650. The van der Waals surface area contributed by atoms with E-state index in [2.05, 4.69) is 25.6 Å². The van der Waals surface area contributed by atoms with E-state index in [1.165, 1.54) is 19.6 Å². The number of aromatic nitrogens is 4. The summed E-state index contributed by atoms with van der Waals surface area (Å²) in [6, 6.07) is -1.66. The molecule has 4 N–H and O–H groups in total. The molecular weight excluding hydrogens is 418 g/mol. The van der Waals surface area contributed by atoms with Crippen LogP contribution < -0.4 is 15.5 Å². The lowest BCUT2D eigenvalue weighted by molar-refractivity contribution is -0.129. The number of carbonyl (C=O) groups excluding carboxylic acids is 2. The quantitative estimate of drug-likeness (QED) is 0.404. The first-order chi connectivity index (χ1) is 15.1. The summed E-state index contributed by atoms with van der Waals surface area (Å²) >= 11 is 0. The Morgan fingerprint density at radius 1 is 1.28 bits per heavy atom. The number of carbonyl (C=O) groups is 2. The van der Waals surface area contributed by atoms with Gasteiger partial charge in [-0.15, -0.1) is 0 Å². The van der Waals surface area contributed by atoms with Crippen molar-refractivity contribution in [1.29, 1.82) is 0 Å². The minimum atomic E-state index is -1.19. The first kappa shape index (κ1) is 23.8. The smallest absolute Gasteiger partial charge is 0.242 e. The summed E-state index contributed by atoms with van der Waals surface area (Å²) in [6.07, 6.45) is 0.323. The summed E-state index contributed by atoms with van der Waals surface area (Å²) in [5.74, 6) is -0.0107. The van der Waals surface area contributed by atoms with Crippen molar-refractivity contribution < 1.29 is 24.5 Å². The normalized spacial score (nSPS) is 24.0. The number of amides is 2. The Hall–Kier alpha value is -2.83. The first-order valence-corrected chi connectivity index (χ1v) is 10.5. The molecule has 0 unspecified atom stereocenters. The van der Waals surface area contributed by atoms with Gasteiger partial charge in [-0.05, 0) is 12.3 Å². The molecule has 0 bridgehead atoms. The van der Waals surface area contributed by atoms with Gasteiger partial charge >= 0.3 is 0 Å². The third kappa shape index (κ3) is 4.81. The van der Waals surface area contributed by atoms with Crippen LogP contribution in [0.4, 0.5) is 5.82 Å². The van der Waals surface area contributed by atoms with E-state index in [9.17, 15) is 19.8 Å². The van der Waals surface area contributed by atoms with Gasteiger partial charge in [-0.3, -0.25) is 14.2 Å². The van der Waals surface area contributed by atoms with Crippen molar-refractivity contribution >= 4 is 28.8 Å². The van der Waals surface area contributed by atoms with Crippen LogP contribution in [0.15, 0.2) is 12.7 Å². The minimum absolute atomic E-state index is 0.159. The largest absolute Gasteiger partial charge is 0.394 e. The molecule has 0 saturated carbocycles. The standard InChI is InChI=1S/C20H31N7O5/c1-10(2)6-12(24-11(3)29)19(31)25-14-13(7-28)32-20(16(14)30)27-9-23-15-17(26(4)5)21-8-22-18(15)27/h8-10,12-14,16,20,28,30H,6-7H2,1-5H3,(H,24,29)(H,25,31)/t12-,13+,14+,16+,20+/m0/s1. The second-order valence-electron chi connectivity index (χ2n) is 8.57. The Morgan fingerprint density at radius 3 is 2.59 bits per heavy atom. The maximum atomic E-state index is 12.9. The SMILES string of the molecule is CC(=O)N[C@@H](CC(C)C)C(=O)N[C@H]1[C@@H](O)[C@H](n2cnc3c(N(C)C)ncnc32)O[C@@H]1CO. The highest BCUT2D eigenvalue weighted by molar-refractivity contribution is 5.87. The van der Waals surface area contributed by atoms with Crippen LogP contribution in [0.3, 0.4) is 0 Å². The Morgan fingerprint density at radius 2 is 2.00 bits per heavy atom. The number of nitrogens with one attached hydrogen (secondary N) is 2. The van der Waals surface area contributed by atoms with Gasteiger partial charge < -0.3 is 30.5 Å². The lowest BCUT2D eigenvalue weighted by Crippen LogP contribution is -2.55. The number of hydrogen-bond donors (Lipinski definition) is 4. The molecule has 1 aliphatic heterocycles. The molecule has 0 aromatic carbocycles. The third-order valence-corrected chi connectivity index (χ3v) is 5.30.